The first kappa shape index (κ1) is 17.9. The molecule has 0 bridgehead atoms. The summed E-state index contributed by atoms with van der Waals surface area (Å²) in [6, 6.07) is 14.3. The Morgan fingerprint density at radius 2 is 1.71 bits per heavy atom. The highest BCUT2D eigenvalue weighted by Gasteiger charge is 2.13. The van der Waals surface area contributed by atoms with Crippen LogP contribution in [0.25, 0.3) is 5.57 Å². The van der Waals surface area contributed by atoms with Crippen LogP contribution in [0.5, 0.6) is 0 Å². The Kier molecular flexibility index (Phi) is 5.54. The van der Waals surface area contributed by atoms with Crippen LogP contribution in [0.3, 0.4) is 0 Å². The zero-order valence-corrected chi connectivity index (χ0v) is 14.3. The summed E-state index contributed by atoms with van der Waals surface area (Å²) in [4.78, 5) is -0.0666. The molecular formula is C20H20O3S. The zero-order valence-electron chi connectivity index (χ0n) is 13.5. The minimum absolute atomic E-state index is 0.0666. The smallest absolute Gasteiger partial charge is 0.282 e. The molecule has 1 atom stereocenters. The van der Waals surface area contributed by atoms with Gasteiger partial charge in [0.25, 0.3) is 10.1 Å². The van der Waals surface area contributed by atoms with Crippen molar-refractivity contribution >= 4 is 15.7 Å². The Morgan fingerprint density at radius 1 is 1.08 bits per heavy atom. The summed E-state index contributed by atoms with van der Waals surface area (Å²) in [5, 5.41) is 0. The Balaban J connectivity index is 0.000000177. The van der Waals surface area contributed by atoms with Gasteiger partial charge in [0.2, 0.25) is 0 Å². The Hall–Kier alpha value is -2.43. The molecule has 4 heteroatoms. The number of hydrogen-bond donors (Lipinski definition) is 1. The minimum Gasteiger partial charge on any atom is -0.282 e. The number of aryl methyl sites for hydroxylation is 1. The van der Waals surface area contributed by atoms with Crippen LogP contribution < -0.4 is 0 Å². The largest absolute Gasteiger partial charge is 0.294 e. The van der Waals surface area contributed by atoms with Crippen molar-refractivity contribution in [2.75, 3.05) is 0 Å². The average Bonchev–Trinajstić information content (AvgIpc) is 2.56. The van der Waals surface area contributed by atoms with Crippen LogP contribution >= 0.6 is 0 Å². The number of allylic oxidation sites excluding steroid dienone is 4. The third kappa shape index (κ3) is 4.31. The quantitative estimate of drug-likeness (QED) is 0.632. The summed E-state index contributed by atoms with van der Waals surface area (Å²) in [7, 11) is -4.02. The van der Waals surface area contributed by atoms with E-state index < -0.39 is 10.1 Å². The van der Waals surface area contributed by atoms with Gasteiger partial charge in [0.05, 0.1) is 4.90 Å². The van der Waals surface area contributed by atoms with Gasteiger partial charge in [0.1, 0.15) is 0 Å². The maximum Gasteiger partial charge on any atom is 0.294 e. The van der Waals surface area contributed by atoms with Gasteiger partial charge >= 0.3 is 0 Å². The molecule has 0 saturated heterocycles. The molecule has 2 aromatic carbocycles. The highest BCUT2D eigenvalue weighted by Crippen LogP contribution is 2.32. The van der Waals surface area contributed by atoms with Gasteiger partial charge in [0, 0.05) is 5.92 Å². The molecule has 1 N–H and O–H groups in total. The molecule has 0 aromatic heterocycles. The fraction of sp³-hybridized carbons (Fsp3) is 0.100. The average molecular weight is 340 g/mol. The monoisotopic (exact) mass is 340 g/mol. The van der Waals surface area contributed by atoms with Crippen molar-refractivity contribution in [2.24, 2.45) is 0 Å². The summed E-state index contributed by atoms with van der Waals surface area (Å²) < 4.78 is 29.6. The van der Waals surface area contributed by atoms with E-state index in [1.165, 1.54) is 23.3 Å². The summed E-state index contributed by atoms with van der Waals surface area (Å²) >= 11 is 0. The second kappa shape index (κ2) is 7.43. The second-order valence-electron chi connectivity index (χ2n) is 5.52. The van der Waals surface area contributed by atoms with E-state index in [4.69, 9.17) is 4.55 Å². The van der Waals surface area contributed by atoms with E-state index in [9.17, 15) is 8.42 Å². The summed E-state index contributed by atoms with van der Waals surface area (Å²) in [6.45, 7) is 9.67. The van der Waals surface area contributed by atoms with Crippen LogP contribution in [0.15, 0.2) is 84.8 Å². The summed E-state index contributed by atoms with van der Waals surface area (Å²) in [5.41, 5.74) is 4.60. The molecule has 1 aliphatic carbocycles. The first-order chi connectivity index (χ1) is 11.3. The Morgan fingerprint density at radius 3 is 2.29 bits per heavy atom. The lowest BCUT2D eigenvalue weighted by Gasteiger charge is -2.18. The van der Waals surface area contributed by atoms with Crippen molar-refractivity contribution in [1.82, 2.24) is 0 Å². The lowest BCUT2D eigenvalue weighted by Crippen LogP contribution is -2.00. The van der Waals surface area contributed by atoms with Crippen molar-refractivity contribution < 1.29 is 13.0 Å². The van der Waals surface area contributed by atoms with Gasteiger partial charge < -0.3 is 0 Å². The molecule has 0 fully saturated rings. The highest BCUT2D eigenvalue weighted by atomic mass is 32.2. The lowest BCUT2D eigenvalue weighted by molar-refractivity contribution is 0.483. The minimum atomic E-state index is -4.02. The van der Waals surface area contributed by atoms with Gasteiger partial charge in [-0.2, -0.15) is 8.42 Å². The van der Waals surface area contributed by atoms with Gasteiger partial charge in [-0.3, -0.25) is 4.55 Å². The van der Waals surface area contributed by atoms with Crippen LogP contribution in [-0.2, 0) is 10.1 Å². The van der Waals surface area contributed by atoms with Crippen LogP contribution in [-0.4, -0.2) is 13.0 Å². The van der Waals surface area contributed by atoms with Gasteiger partial charge in [-0.15, -0.1) is 6.58 Å². The molecule has 1 aliphatic rings. The topological polar surface area (TPSA) is 54.4 Å². The molecule has 0 amide bonds. The van der Waals surface area contributed by atoms with Crippen molar-refractivity contribution in [2.45, 2.75) is 17.7 Å². The van der Waals surface area contributed by atoms with E-state index in [0.717, 1.165) is 11.1 Å². The predicted molar refractivity (Wildman–Crippen MR) is 98.5 cm³/mol. The van der Waals surface area contributed by atoms with Crippen molar-refractivity contribution in [3.63, 3.8) is 0 Å². The molecule has 3 rings (SSSR count). The van der Waals surface area contributed by atoms with E-state index in [-0.39, 0.29) is 4.90 Å². The molecule has 0 aliphatic heterocycles. The van der Waals surface area contributed by atoms with E-state index in [1.54, 1.807) is 12.1 Å². The third-order valence-electron chi connectivity index (χ3n) is 3.74. The van der Waals surface area contributed by atoms with Crippen LogP contribution in [0.4, 0.5) is 0 Å². The van der Waals surface area contributed by atoms with Gasteiger partial charge in [-0.05, 0) is 35.8 Å². The number of hydrogen-bond acceptors (Lipinski definition) is 2. The zero-order chi connectivity index (χ0) is 17.7. The lowest BCUT2D eigenvalue weighted by atomic mass is 9.86. The van der Waals surface area contributed by atoms with E-state index in [0.29, 0.717) is 5.92 Å². The molecule has 0 saturated carbocycles. The van der Waals surface area contributed by atoms with Crippen LogP contribution in [0.2, 0.25) is 0 Å². The number of benzene rings is 2. The number of rotatable bonds is 2. The third-order valence-corrected chi connectivity index (χ3v) is 4.61. The van der Waals surface area contributed by atoms with Crippen molar-refractivity contribution in [1.29, 1.82) is 0 Å². The molecule has 124 valence electrons. The summed E-state index contributed by atoms with van der Waals surface area (Å²) in [5.74, 6) is 0.349. The fourth-order valence-electron chi connectivity index (χ4n) is 2.41. The number of fused-ring (bicyclic) bond motifs is 1. The standard InChI is InChI=1S/C13H12.C7H8O3S/c1-3-11-9-8-10(2)12-6-4-5-7-13(11)12;1-6-2-4-7(5-3-6)11(8,9)10/h3-9,11H,1-2H2;2-5H,1H3,(H,8,9,10). The molecule has 1 unspecified atom stereocenters. The summed E-state index contributed by atoms with van der Waals surface area (Å²) in [6.07, 6.45) is 6.16. The van der Waals surface area contributed by atoms with Gasteiger partial charge in [-0.25, -0.2) is 0 Å². The molecule has 0 heterocycles. The first-order valence-corrected chi connectivity index (χ1v) is 8.90. The molecular weight excluding hydrogens is 320 g/mol. The van der Waals surface area contributed by atoms with Crippen molar-refractivity contribution in [3.05, 3.63) is 96.6 Å². The molecule has 24 heavy (non-hydrogen) atoms. The van der Waals surface area contributed by atoms with Gasteiger partial charge in [-0.1, -0.05) is 66.8 Å². The van der Waals surface area contributed by atoms with Crippen LogP contribution in [0.1, 0.15) is 22.6 Å². The van der Waals surface area contributed by atoms with E-state index in [2.05, 4.69) is 43.5 Å². The van der Waals surface area contributed by atoms with E-state index in [1.807, 2.05) is 19.1 Å². The predicted octanol–water partition coefficient (Wildman–Crippen LogP) is 4.78. The highest BCUT2D eigenvalue weighted by molar-refractivity contribution is 7.85. The maximum absolute atomic E-state index is 10.5. The Bertz CT molecular complexity index is 875. The SMILES string of the molecule is C=CC1C=CC(=C)c2ccccc21.Cc1ccc(S(=O)(=O)O)cc1. The van der Waals surface area contributed by atoms with Crippen LogP contribution in [0, 0.1) is 6.92 Å². The molecule has 0 radical (unpaired) electrons. The molecule has 2 aromatic rings. The maximum atomic E-state index is 10.5. The first-order valence-electron chi connectivity index (χ1n) is 7.46. The second-order valence-corrected chi connectivity index (χ2v) is 6.94. The van der Waals surface area contributed by atoms with Crippen molar-refractivity contribution in [3.8, 4) is 0 Å². The molecule has 3 nitrogen and oxygen atoms in total. The normalized spacial score (nSPS) is 15.9. The molecule has 0 spiro atoms. The van der Waals surface area contributed by atoms with E-state index >= 15 is 0 Å². The Labute approximate surface area is 143 Å². The fourth-order valence-corrected chi connectivity index (χ4v) is 2.89. The van der Waals surface area contributed by atoms with Gasteiger partial charge in [0.15, 0.2) is 0 Å².